The molecule has 0 radical (unpaired) electrons. The van der Waals surface area contributed by atoms with Gasteiger partial charge in [-0.3, -0.25) is 14.7 Å². The molecule has 0 aliphatic rings. The standard InChI is InChI=1S/C25H25N2O5P/c1-3-31-33(30,32-4-2)25-23-18-21(27(28)29)15-16-22(23)24(17-19-11-7-5-8-12-19)26(25)20-13-9-6-10-14-20/h5-16,18H,3-4,17H2,1-2H3. The Hall–Kier alpha value is -3.25. The van der Waals surface area contributed by atoms with Crippen LogP contribution in [-0.4, -0.2) is 22.7 Å². The lowest BCUT2D eigenvalue weighted by molar-refractivity contribution is -0.384. The van der Waals surface area contributed by atoms with Crippen LogP contribution in [0.2, 0.25) is 0 Å². The van der Waals surface area contributed by atoms with E-state index in [0.29, 0.717) is 17.2 Å². The molecule has 0 amide bonds. The minimum Gasteiger partial charge on any atom is -0.306 e. The molecule has 0 fully saturated rings. The Kier molecular flexibility index (Phi) is 6.75. The number of nitrogens with zero attached hydrogens (tertiary/aromatic N) is 2. The van der Waals surface area contributed by atoms with E-state index in [1.165, 1.54) is 12.1 Å². The Morgan fingerprint density at radius 1 is 0.879 bits per heavy atom. The Bertz CT molecular complexity index is 1310. The maximum atomic E-state index is 14.1. The second-order valence-electron chi connectivity index (χ2n) is 7.42. The van der Waals surface area contributed by atoms with Gasteiger partial charge in [0.15, 0.2) is 0 Å². The molecule has 1 heterocycles. The van der Waals surface area contributed by atoms with E-state index < -0.39 is 12.5 Å². The summed E-state index contributed by atoms with van der Waals surface area (Å²) >= 11 is 0. The van der Waals surface area contributed by atoms with Crippen LogP contribution in [0.15, 0.2) is 78.9 Å². The molecule has 0 atom stereocenters. The zero-order chi connectivity index (χ0) is 23.4. The van der Waals surface area contributed by atoms with Crippen LogP contribution in [0.25, 0.3) is 16.5 Å². The Morgan fingerprint density at radius 3 is 2.06 bits per heavy atom. The van der Waals surface area contributed by atoms with Crippen molar-refractivity contribution in [1.29, 1.82) is 0 Å². The number of benzene rings is 3. The maximum absolute atomic E-state index is 14.1. The number of hydrogen-bond donors (Lipinski definition) is 0. The average Bonchev–Trinajstić information content (AvgIpc) is 3.14. The van der Waals surface area contributed by atoms with Crippen molar-refractivity contribution in [2.45, 2.75) is 20.3 Å². The molecule has 33 heavy (non-hydrogen) atoms. The van der Waals surface area contributed by atoms with E-state index in [4.69, 9.17) is 9.05 Å². The third-order valence-electron chi connectivity index (χ3n) is 5.33. The molecule has 0 spiro atoms. The predicted octanol–water partition coefficient (Wildman–Crippen LogP) is 6.02. The molecule has 0 aliphatic carbocycles. The first-order chi connectivity index (χ1) is 16.0. The van der Waals surface area contributed by atoms with Crippen molar-refractivity contribution in [3.8, 4) is 5.69 Å². The quantitative estimate of drug-likeness (QED) is 0.172. The monoisotopic (exact) mass is 464 g/mol. The molecule has 4 rings (SSSR count). The van der Waals surface area contributed by atoms with Gasteiger partial charge in [-0.15, -0.1) is 0 Å². The van der Waals surface area contributed by atoms with Crippen molar-refractivity contribution < 1.29 is 18.5 Å². The topological polar surface area (TPSA) is 83.6 Å². The lowest BCUT2D eigenvalue weighted by Gasteiger charge is -2.21. The van der Waals surface area contributed by atoms with Gasteiger partial charge in [-0.25, -0.2) is 0 Å². The smallest absolute Gasteiger partial charge is 0.306 e. The summed E-state index contributed by atoms with van der Waals surface area (Å²) in [6.07, 6.45) is 0.530. The minimum absolute atomic E-state index is 0.0835. The predicted molar refractivity (Wildman–Crippen MR) is 130 cm³/mol. The third-order valence-corrected chi connectivity index (χ3v) is 7.49. The summed E-state index contributed by atoms with van der Waals surface area (Å²) in [6.45, 7) is 3.83. The van der Waals surface area contributed by atoms with Crippen molar-refractivity contribution in [3.05, 3.63) is 100 Å². The number of hydrogen-bond acceptors (Lipinski definition) is 5. The number of non-ortho nitro benzene ring substituents is 1. The molecule has 0 unspecified atom stereocenters. The van der Waals surface area contributed by atoms with Crippen molar-refractivity contribution in [3.63, 3.8) is 0 Å². The van der Waals surface area contributed by atoms with Crippen LogP contribution in [0, 0.1) is 10.1 Å². The summed E-state index contributed by atoms with van der Waals surface area (Å²) in [7, 11) is -3.81. The summed E-state index contributed by atoms with van der Waals surface area (Å²) in [6, 6.07) is 24.1. The number of nitro benzene ring substituents is 1. The van der Waals surface area contributed by atoms with Gasteiger partial charge in [0.05, 0.1) is 18.1 Å². The number of fused-ring (bicyclic) bond motifs is 1. The van der Waals surface area contributed by atoms with E-state index in [0.717, 1.165) is 22.3 Å². The van der Waals surface area contributed by atoms with Crippen molar-refractivity contribution in [1.82, 2.24) is 4.57 Å². The van der Waals surface area contributed by atoms with Crippen molar-refractivity contribution in [2.24, 2.45) is 0 Å². The first-order valence-corrected chi connectivity index (χ1v) is 12.3. The lowest BCUT2D eigenvalue weighted by Crippen LogP contribution is -2.21. The van der Waals surface area contributed by atoms with Crippen LogP contribution in [0.4, 0.5) is 5.69 Å². The fourth-order valence-electron chi connectivity index (χ4n) is 4.04. The fourth-order valence-corrected chi connectivity index (χ4v) is 6.00. The van der Waals surface area contributed by atoms with Crippen LogP contribution in [0.5, 0.6) is 0 Å². The number of rotatable bonds is 9. The van der Waals surface area contributed by atoms with E-state index in [2.05, 4.69) is 0 Å². The summed E-state index contributed by atoms with van der Waals surface area (Å²) in [5.41, 5.74) is 2.91. The van der Waals surface area contributed by atoms with Gasteiger partial charge >= 0.3 is 7.60 Å². The maximum Gasteiger partial charge on any atom is 0.378 e. The second-order valence-corrected chi connectivity index (χ2v) is 9.36. The van der Waals surface area contributed by atoms with E-state index in [9.17, 15) is 14.7 Å². The second kappa shape index (κ2) is 9.71. The highest BCUT2D eigenvalue weighted by molar-refractivity contribution is 7.62. The highest BCUT2D eigenvalue weighted by atomic mass is 31.2. The number of aromatic nitrogens is 1. The third kappa shape index (κ3) is 4.48. The molecule has 7 nitrogen and oxygen atoms in total. The van der Waals surface area contributed by atoms with Gasteiger partial charge in [0, 0.05) is 40.7 Å². The van der Waals surface area contributed by atoms with Gasteiger partial charge in [-0.1, -0.05) is 48.5 Å². The Labute approximate surface area is 192 Å². The lowest BCUT2D eigenvalue weighted by atomic mass is 10.1. The number of para-hydroxylation sites is 1. The molecule has 4 aromatic rings. The SMILES string of the molecule is CCOP(=O)(OCC)c1c2cc([N+](=O)[O-])ccc2c(Cc2ccccc2)n1-c1ccccc1. The molecule has 0 bridgehead atoms. The summed E-state index contributed by atoms with van der Waals surface area (Å²) in [5.74, 6) is 0. The van der Waals surface area contributed by atoms with Crippen LogP contribution in [0.3, 0.4) is 0 Å². The summed E-state index contributed by atoms with van der Waals surface area (Å²) in [5, 5.41) is 12.8. The zero-order valence-corrected chi connectivity index (χ0v) is 19.4. The molecule has 170 valence electrons. The first-order valence-electron chi connectivity index (χ1n) is 10.8. The molecular formula is C25H25N2O5P. The Morgan fingerprint density at radius 2 is 1.48 bits per heavy atom. The van der Waals surface area contributed by atoms with Gasteiger partial charge in [0.1, 0.15) is 5.44 Å². The van der Waals surface area contributed by atoms with Gasteiger partial charge in [0.25, 0.3) is 5.69 Å². The van der Waals surface area contributed by atoms with Crippen LogP contribution >= 0.6 is 7.60 Å². The molecule has 3 aromatic carbocycles. The largest absolute Gasteiger partial charge is 0.378 e. The molecular weight excluding hydrogens is 439 g/mol. The van der Waals surface area contributed by atoms with Crippen LogP contribution in [-0.2, 0) is 20.0 Å². The summed E-state index contributed by atoms with van der Waals surface area (Å²) < 4.78 is 27.5. The summed E-state index contributed by atoms with van der Waals surface area (Å²) in [4.78, 5) is 11.1. The van der Waals surface area contributed by atoms with E-state index in [1.54, 1.807) is 19.9 Å². The first kappa shape index (κ1) is 22.9. The average molecular weight is 464 g/mol. The van der Waals surface area contributed by atoms with Crippen molar-refractivity contribution >= 4 is 29.5 Å². The molecule has 1 aromatic heterocycles. The van der Waals surface area contributed by atoms with Gasteiger partial charge in [-0.2, -0.15) is 0 Å². The Balaban J connectivity index is 2.12. The van der Waals surface area contributed by atoms with Crippen molar-refractivity contribution in [2.75, 3.05) is 13.2 Å². The number of nitro groups is 1. The van der Waals surface area contributed by atoms with Gasteiger partial charge < -0.3 is 13.6 Å². The molecule has 0 N–H and O–H groups in total. The van der Waals surface area contributed by atoms with Crippen LogP contribution < -0.4 is 5.44 Å². The highest BCUT2D eigenvalue weighted by Crippen LogP contribution is 2.50. The fraction of sp³-hybridized carbons (Fsp3) is 0.200. The molecule has 0 saturated heterocycles. The van der Waals surface area contributed by atoms with Crippen LogP contribution in [0.1, 0.15) is 25.1 Å². The molecule has 8 heteroatoms. The van der Waals surface area contributed by atoms with E-state index >= 15 is 0 Å². The van der Waals surface area contributed by atoms with E-state index in [-0.39, 0.29) is 18.9 Å². The van der Waals surface area contributed by atoms with Gasteiger partial charge in [0.2, 0.25) is 0 Å². The molecule has 0 aliphatic heterocycles. The highest BCUT2D eigenvalue weighted by Gasteiger charge is 2.36. The molecule has 0 saturated carbocycles. The zero-order valence-electron chi connectivity index (χ0n) is 18.5. The normalized spacial score (nSPS) is 11.7. The van der Waals surface area contributed by atoms with Gasteiger partial charge in [-0.05, 0) is 37.6 Å². The minimum atomic E-state index is -3.81. The van der Waals surface area contributed by atoms with E-state index in [1.807, 2.05) is 65.2 Å².